The third kappa shape index (κ3) is 5.42. The summed E-state index contributed by atoms with van der Waals surface area (Å²) in [6.45, 7) is 7.00. The van der Waals surface area contributed by atoms with Crippen molar-refractivity contribution in [3.05, 3.63) is 0 Å². The molecule has 1 nitrogen and oxygen atoms in total. The Morgan fingerprint density at radius 1 is 1.12 bits per heavy atom. The van der Waals surface area contributed by atoms with E-state index in [0.717, 1.165) is 23.8 Å². The molecule has 0 aromatic heterocycles. The Hall–Kier alpha value is -0.0400. The molecule has 102 valence electrons. The number of nitrogens with one attached hydrogen (secondary N) is 1. The van der Waals surface area contributed by atoms with Gasteiger partial charge in [0.2, 0.25) is 0 Å². The lowest BCUT2D eigenvalue weighted by atomic mass is 9.75. The van der Waals surface area contributed by atoms with Crippen LogP contribution < -0.4 is 5.32 Å². The highest BCUT2D eigenvalue weighted by molar-refractivity contribution is 4.81. The first-order chi connectivity index (χ1) is 8.17. The van der Waals surface area contributed by atoms with Crippen molar-refractivity contribution in [3.63, 3.8) is 0 Å². The molecule has 1 atom stereocenters. The van der Waals surface area contributed by atoms with Crippen LogP contribution in [0.15, 0.2) is 0 Å². The molecule has 0 saturated heterocycles. The van der Waals surface area contributed by atoms with E-state index in [1.807, 2.05) is 0 Å². The zero-order valence-electron chi connectivity index (χ0n) is 12.5. The molecule has 1 heteroatoms. The molecular weight excluding hydrogens is 206 g/mol. The van der Waals surface area contributed by atoms with Crippen LogP contribution in [0.2, 0.25) is 0 Å². The van der Waals surface area contributed by atoms with Gasteiger partial charge in [0, 0.05) is 6.04 Å². The van der Waals surface area contributed by atoms with Gasteiger partial charge in [-0.05, 0) is 44.1 Å². The fraction of sp³-hybridized carbons (Fsp3) is 1.00. The summed E-state index contributed by atoms with van der Waals surface area (Å²) >= 11 is 0. The van der Waals surface area contributed by atoms with Crippen molar-refractivity contribution in [2.75, 3.05) is 7.05 Å². The Labute approximate surface area is 109 Å². The largest absolute Gasteiger partial charge is 0.317 e. The molecule has 17 heavy (non-hydrogen) atoms. The Morgan fingerprint density at radius 2 is 1.76 bits per heavy atom. The number of hydrogen-bond donors (Lipinski definition) is 1. The van der Waals surface area contributed by atoms with E-state index in [-0.39, 0.29) is 0 Å². The molecule has 0 amide bonds. The number of unbranched alkanes of at least 4 members (excludes halogenated alkanes) is 1. The van der Waals surface area contributed by atoms with Crippen molar-refractivity contribution in [1.82, 2.24) is 5.32 Å². The van der Waals surface area contributed by atoms with Crippen LogP contribution in [0.1, 0.15) is 72.1 Å². The summed E-state index contributed by atoms with van der Waals surface area (Å²) < 4.78 is 0. The maximum absolute atomic E-state index is 3.56. The molecule has 0 aromatic rings. The van der Waals surface area contributed by atoms with Crippen LogP contribution in [0.5, 0.6) is 0 Å². The highest BCUT2D eigenvalue weighted by atomic mass is 14.9. The van der Waals surface area contributed by atoms with E-state index in [1.54, 1.807) is 0 Å². The third-order valence-corrected chi connectivity index (χ3v) is 4.52. The minimum atomic E-state index is 0.766. The van der Waals surface area contributed by atoms with E-state index < -0.39 is 0 Å². The zero-order chi connectivity index (χ0) is 12.7. The highest BCUT2D eigenvalue weighted by Crippen LogP contribution is 2.34. The van der Waals surface area contributed by atoms with E-state index in [0.29, 0.717) is 0 Å². The van der Waals surface area contributed by atoms with Gasteiger partial charge in [-0.2, -0.15) is 0 Å². The van der Waals surface area contributed by atoms with E-state index in [2.05, 4.69) is 33.1 Å². The van der Waals surface area contributed by atoms with Crippen LogP contribution >= 0.6 is 0 Å². The Balaban J connectivity index is 2.29. The van der Waals surface area contributed by atoms with Gasteiger partial charge in [0.15, 0.2) is 0 Å². The fourth-order valence-electron chi connectivity index (χ4n) is 3.43. The molecule has 0 heterocycles. The van der Waals surface area contributed by atoms with Gasteiger partial charge >= 0.3 is 0 Å². The summed E-state index contributed by atoms with van der Waals surface area (Å²) in [5, 5.41) is 3.56. The van der Waals surface area contributed by atoms with E-state index in [4.69, 9.17) is 0 Å². The molecule has 0 aromatic carbocycles. The number of rotatable bonds is 7. The lowest BCUT2D eigenvalue weighted by molar-refractivity contribution is 0.202. The zero-order valence-corrected chi connectivity index (χ0v) is 12.5. The van der Waals surface area contributed by atoms with Gasteiger partial charge in [0.05, 0.1) is 0 Å². The minimum absolute atomic E-state index is 0.766. The predicted octanol–water partition coefficient (Wildman–Crippen LogP) is 4.62. The normalized spacial score (nSPS) is 27.4. The first kappa shape index (κ1) is 15.0. The summed E-state index contributed by atoms with van der Waals surface area (Å²) in [6.07, 6.45) is 11.5. The van der Waals surface area contributed by atoms with Gasteiger partial charge in [-0.15, -0.1) is 0 Å². The second kappa shape index (κ2) is 8.13. The first-order valence-corrected chi connectivity index (χ1v) is 7.84. The van der Waals surface area contributed by atoms with Crippen LogP contribution in [-0.2, 0) is 0 Å². The van der Waals surface area contributed by atoms with Gasteiger partial charge in [-0.25, -0.2) is 0 Å². The second-order valence-corrected chi connectivity index (χ2v) is 6.45. The molecule has 1 saturated carbocycles. The lowest BCUT2D eigenvalue weighted by Crippen LogP contribution is -2.37. The van der Waals surface area contributed by atoms with Crippen molar-refractivity contribution in [2.45, 2.75) is 78.2 Å². The molecule has 0 spiro atoms. The van der Waals surface area contributed by atoms with Crippen LogP contribution in [0.3, 0.4) is 0 Å². The molecule has 1 aliphatic rings. The van der Waals surface area contributed by atoms with E-state index >= 15 is 0 Å². The van der Waals surface area contributed by atoms with Crippen molar-refractivity contribution >= 4 is 0 Å². The maximum atomic E-state index is 3.56. The molecule has 1 fully saturated rings. The Bertz CT molecular complexity index is 180. The van der Waals surface area contributed by atoms with E-state index in [1.165, 1.54) is 51.4 Å². The monoisotopic (exact) mass is 239 g/mol. The van der Waals surface area contributed by atoms with Crippen molar-refractivity contribution in [2.24, 2.45) is 17.8 Å². The smallest absolute Gasteiger partial charge is 0.00947 e. The summed E-state index contributed by atoms with van der Waals surface area (Å²) in [4.78, 5) is 0. The SMILES string of the molecule is CCCCC1CCC(C(CC(C)C)NC)CC1. The molecule has 0 bridgehead atoms. The van der Waals surface area contributed by atoms with E-state index in [9.17, 15) is 0 Å². The lowest BCUT2D eigenvalue weighted by Gasteiger charge is -2.34. The molecule has 1 N–H and O–H groups in total. The third-order valence-electron chi connectivity index (χ3n) is 4.52. The van der Waals surface area contributed by atoms with Crippen LogP contribution in [0.25, 0.3) is 0 Å². The topological polar surface area (TPSA) is 12.0 Å². The van der Waals surface area contributed by atoms with Gasteiger partial charge in [0.25, 0.3) is 0 Å². The maximum Gasteiger partial charge on any atom is 0.00947 e. The molecule has 0 radical (unpaired) electrons. The van der Waals surface area contributed by atoms with Gasteiger partial charge < -0.3 is 5.32 Å². The Morgan fingerprint density at radius 3 is 2.24 bits per heavy atom. The summed E-state index contributed by atoms with van der Waals surface area (Å²) in [6, 6.07) is 0.766. The first-order valence-electron chi connectivity index (χ1n) is 7.84. The molecule has 1 unspecified atom stereocenters. The summed E-state index contributed by atoms with van der Waals surface area (Å²) in [7, 11) is 2.15. The van der Waals surface area contributed by atoms with Crippen molar-refractivity contribution in [3.8, 4) is 0 Å². The van der Waals surface area contributed by atoms with Crippen molar-refractivity contribution < 1.29 is 0 Å². The average Bonchev–Trinajstić information content (AvgIpc) is 2.34. The van der Waals surface area contributed by atoms with Crippen LogP contribution in [0.4, 0.5) is 0 Å². The van der Waals surface area contributed by atoms with Crippen molar-refractivity contribution in [1.29, 1.82) is 0 Å². The van der Waals surface area contributed by atoms with Crippen LogP contribution in [0, 0.1) is 17.8 Å². The number of hydrogen-bond acceptors (Lipinski definition) is 1. The minimum Gasteiger partial charge on any atom is -0.317 e. The quantitative estimate of drug-likeness (QED) is 0.683. The average molecular weight is 239 g/mol. The Kier molecular flexibility index (Phi) is 7.18. The molecule has 1 rings (SSSR count). The second-order valence-electron chi connectivity index (χ2n) is 6.45. The molecule has 1 aliphatic carbocycles. The summed E-state index contributed by atoms with van der Waals surface area (Å²) in [5.41, 5.74) is 0. The predicted molar refractivity (Wildman–Crippen MR) is 77.3 cm³/mol. The van der Waals surface area contributed by atoms with Gasteiger partial charge in [-0.1, -0.05) is 52.9 Å². The summed E-state index contributed by atoms with van der Waals surface area (Å²) in [5.74, 6) is 2.81. The highest BCUT2D eigenvalue weighted by Gasteiger charge is 2.26. The molecular formula is C16H33N. The van der Waals surface area contributed by atoms with Gasteiger partial charge in [0.1, 0.15) is 0 Å². The van der Waals surface area contributed by atoms with Crippen LogP contribution in [-0.4, -0.2) is 13.1 Å². The molecule has 0 aliphatic heterocycles. The standard InChI is InChI=1S/C16H33N/c1-5-6-7-14-8-10-15(11-9-14)16(17-4)12-13(2)3/h13-17H,5-12H2,1-4H3. The fourth-order valence-corrected chi connectivity index (χ4v) is 3.43. The van der Waals surface area contributed by atoms with Gasteiger partial charge in [-0.3, -0.25) is 0 Å².